The van der Waals surface area contributed by atoms with Gasteiger partial charge in [0, 0.05) is 25.2 Å². The topological polar surface area (TPSA) is 85.6 Å². The first kappa shape index (κ1) is 13.2. The van der Waals surface area contributed by atoms with Crippen LogP contribution in [0, 0.1) is 11.3 Å². The number of carbonyl (C=O) groups is 1. The summed E-state index contributed by atoms with van der Waals surface area (Å²) in [5, 5.41) is 21.8. The Morgan fingerprint density at radius 1 is 1.63 bits per heavy atom. The first-order valence-electron chi connectivity index (χ1n) is 5.95. The first-order valence-corrected chi connectivity index (χ1v) is 5.95. The maximum absolute atomic E-state index is 12.3. The van der Waals surface area contributed by atoms with Crippen LogP contribution in [0.4, 0.5) is 0 Å². The van der Waals surface area contributed by atoms with Crippen LogP contribution in [0.15, 0.2) is 18.2 Å². The lowest BCUT2D eigenvalue weighted by Gasteiger charge is -2.32. The Kier molecular flexibility index (Phi) is 3.88. The number of hydrogen-bond acceptors (Lipinski definition) is 5. The number of nitrogens with one attached hydrogen (secondary N) is 1. The van der Waals surface area contributed by atoms with Gasteiger partial charge in [0.25, 0.3) is 5.91 Å². The van der Waals surface area contributed by atoms with Gasteiger partial charge in [-0.2, -0.15) is 5.26 Å². The van der Waals surface area contributed by atoms with E-state index in [0.717, 1.165) is 0 Å². The standard InChI is InChI=1S/C13H15N3O3/c1-19-12-3-2-9(6-11(12)17)13(18)16-5-4-15-8-10(16)7-14/h2-3,6,10,15,17H,4-5,8H2,1H3. The second-order valence-corrected chi connectivity index (χ2v) is 4.23. The number of nitrogens with zero attached hydrogens (tertiary/aromatic N) is 2. The highest BCUT2D eigenvalue weighted by atomic mass is 16.5. The van der Waals surface area contributed by atoms with Gasteiger partial charge in [-0.25, -0.2) is 0 Å². The predicted octanol–water partition coefficient (Wildman–Crippen LogP) is 0.338. The van der Waals surface area contributed by atoms with E-state index in [1.165, 1.54) is 24.1 Å². The summed E-state index contributed by atoms with van der Waals surface area (Å²) in [7, 11) is 1.44. The molecule has 1 unspecified atom stereocenters. The van der Waals surface area contributed by atoms with Crippen LogP contribution in [0.25, 0.3) is 0 Å². The van der Waals surface area contributed by atoms with Crippen molar-refractivity contribution in [3.05, 3.63) is 23.8 Å². The number of phenolic OH excluding ortho intramolecular Hbond substituents is 1. The molecule has 1 aliphatic rings. The molecule has 0 saturated carbocycles. The van der Waals surface area contributed by atoms with Crippen LogP contribution in [-0.2, 0) is 0 Å². The smallest absolute Gasteiger partial charge is 0.255 e. The third kappa shape index (κ3) is 2.61. The number of aromatic hydroxyl groups is 1. The number of piperazine rings is 1. The van der Waals surface area contributed by atoms with E-state index in [-0.39, 0.29) is 11.7 Å². The van der Waals surface area contributed by atoms with E-state index in [9.17, 15) is 9.90 Å². The highest BCUT2D eigenvalue weighted by Crippen LogP contribution is 2.27. The van der Waals surface area contributed by atoms with Crippen molar-refractivity contribution in [3.8, 4) is 17.6 Å². The molecule has 0 spiro atoms. The molecule has 1 aliphatic heterocycles. The third-order valence-electron chi connectivity index (χ3n) is 3.08. The van der Waals surface area contributed by atoms with Gasteiger partial charge in [-0.05, 0) is 18.2 Å². The van der Waals surface area contributed by atoms with Crippen LogP contribution in [0.2, 0.25) is 0 Å². The summed E-state index contributed by atoms with van der Waals surface area (Å²) in [5.41, 5.74) is 0.348. The summed E-state index contributed by atoms with van der Waals surface area (Å²) in [6.45, 7) is 1.60. The van der Waals surface area contributed by atoms with Gasteiger partial charge in [-0.1, -0.05) is 0 Å². The molecule has 0 aliphatic carbocycles. The van der Waals surface area contributed by atoms with E-state index in [4.69, 9.17) is 10.00 Å². The number of hydrogen-bond donors (Lipinski definition) is 2. The quantitative estimate of drug-likeness (QED) is 0.801. The zero-order valence-electron chi connectivity index (χ0n) is 10.6. The van der Waals surface area contributed by atoms with Crippen molar-refractivity contribution in [2.75, 3.05) is 26.7 Å². The highest BCUT2D eigenvalue weighted by molar-refractivity contribution is 5.95. The summed E-state index contributed by atoms with van der Waals surface area (Å²) >= 11 is 0. The summed E-state index contributed by atoms with van der Waals surface area (Å²) < 4.78 is 4.93. The van der Waals surface area contributed by atoms with Crippen molar-refractivity contribution < 1.29 is 14.6 Å². The second kappa shape index (κ2) is 5.59. The molecule has 1 aromatic carbocycles. The first-order chi connectivity index (χ1) is 9.17. The molecule has 6 heteroatoms. The van der Waals surface area contributed by atoms with E-state index in [2.05, 4.69) is 11.4 Å². The van der Waals surface area contributed by atoms with Crippen LogP contribution < -0.4 is 10.1 Å². The Bertz CT molecular complexity index is 524. The maximum atomic E-state index is 12.3. The van der Waals surface area contributed by atoms with Gasteiger partial charge in [-0.3, -0.25) is 4.79 Å². The minimum atomic E-state index is -0.481. The van der Waals surface area contributed by atoms with Crippen LogP contribution in [0.5, 0.6) is 11.5 Å². The minimum Gasteiger partial charge on any atom is -0.504 e. The van der Waals surface area contributed by atoms with Crippen LogP contribution in [-0.4, -0.2) is 48.7 Å². The zero-order chi connectivity index (χ0) is 13.8. The van der Waals surface area contributed by atoms with E-state index >= 15 is 0 Å². The lowest BCUT2D eigenvalue weighted by atomic mass is 10.1. The lowest BCUT2D eigenvalue weighted by Crippen LogP contribution is -2.53. The van der Waals surface area contributed by atoms with Crippen molar-refractivity contribution in [3.63, 3.8) is 0 Å². The fourth-order valence-electron chi connectivity index (χ4n) is 2.05. The van der Waals surface area contributed by atoms with Gasteiger partial charge in [0.1, 0.15) is 6.04 Å². The average Bonchev–Trinajstić information content (AvgIpc) is 2.46. The molecule has 1 aromatic rings. The number of ether oxygens (including phenoxy) is 1. The monoisotopic (exact) mass is 261 g/mol. The van der Waals surface area contributed by atoms with Gasteiger partial charge < -0.3 is 20.1 Å². The Morgan fingerprint density at radius 2 is 2.42 bits per heavy atom. The average molecular weight is 261 g/mol. The molecule has 1 fully saturated rings. The van der Waals surface area contributed by atoms with Gasteiger partial charge in [0.05, 0.1) is 13.2 Å². The lowest BCUT2D eigenvalue weighted by molar-refractivity contribution is 0.0686. The van der Waals surface area contributed by atoms with E-state index in [1.54, 1.807) is 6.07 Å². The normalized spacial score (nSPS) is 18.7. The fraction of sp³-hybridized carbons (Fsp3) is 0.385. The fourth-order valence-corrected chi connectivity index (χ4v) is 2.05. The highest BCUT2D eigenvalue weighted by Gasteiger charge is 2.27. The predicted molar refractivity (Wildman–Crippen MR) is 68.0 cm³/mol. The second-order valence-electron chi connectivity index (χ2n) is 4.23. The number of nitriles is 1. The molecular formula is C13H15N3O3. The van der Waals surface area contributed by atoms with E-state index in [0.29, 0.717) is 30.9 Å². The Balaban J connectivity index is 2.23. The summed E-state index contributed by atoms with van der Waals surface area (Å²) in [6.07, 6.45) is 0. The molecule has 1 saturated heterocycles. The maximum Gasteiger partial charge on any atom is 0.255 e. The van der Waals surface area contributed by atoms with Crippen molar-refractivity contribution in [1.82, 2.24) is 10.2 Å². The van der Waals surface area contributed by atoms with Crippen molar-refractivity contribution >= 4 is 5.91 Å². The van der Waals surface area contributed by atoms with Crippen LogP contribution in [0.3, 0.4) is 0 Å². The van der Waals surface area contributed by atoms with Crippen molar-refractivity contribution in [1.29, 1.82) is 5.26 Å². The molecule has 2 rings (SSSR count). The molecule has 0 aromatic heterocycles. The molecule has 6 nitrogen and oxygen atoms in total. The van der Waals surface area contributed by atoms with Crippen LogP contribution in [0.1, 0.15) is 10.4 Å². The molecule has 100 valence electrons. The molecule has 1 atom stereocenters. The molecule has 0 radical (unpaired) electrons. The Labute approximate surface area is 111 Å². The number of amides is 1. The number of carbonyl (C=O) groups excluding carboxylic acids is 1. The summed E-state index contributed by atoms with van der Waals surface area (Å²) in [4.78, 5) is 13.8. The molecule has 0 bridgehead atoms. The number of methoxy groups -OCH3 is 1. The zero-order valence-corrected chi connectivity index (χ0v) is 10.6. The molecule has 19 heavy (non-hydrogen) atoms. The Hall–Kier alpha value is -2.26. The molecule has 2 N–H and O–H groups in total. The van der Waals surface area contributed by atoms with E-state index < -0.39 is 6.04 Å². The summed E-state index contributed by atoms with van der Waals surface area (Å²) in [6, 6.07) is 6.09. The SMILES string of the molecule is COc1ccc(C(=O)N2CCNCC2C#N)cc1O. The third-order valence-corrected chi connectivity index (χ3v) is 3.08. The van der Waals surface area contributed by atoms with Gasteiger partial charge in [0.2, 0.25) is 0 Å². The minimum absolute atomic E-state index is 0.0861. The number of benzene rings is 1. The number of rotatable bonds is 2. The molecule has 1 amide bonds. The largest absolute Gasteiger partial charge is 0.504 e. The molecule has 1 heterocycles. The Morgan fingerprint density at radius 3 is 3.05 bits per heavy atom. The van der Waals surface area contributed by atoms with Gasteiger partial charge in [0.15, 0.2) is 11.5 Å². The van der Waals surface area contributed by atoms with E-state index in [1.807, 2.05) is 0 Å². The molecular weight excluding hydrogens is 246 g/mol. The van der Waals surface area contributed by atoms with Gasteiger partial charge in [-0.15, -0.1) is 0 Å². The van der Waals surface area contributed by atoms with Gasteiger partial charge >= 0.3 is 0 Å². The van der Waals surface area contributed by atoms with Crippen molar-refractivity contribution in [2.24, 2.45) is 0 Å². The van der Waals surface area contributed by atoms with Crippen LogP contribution >= 0.6 is 0 Å². The summed E-state index contributed by atoms with van der Waals surface area (Å²) in [5.74, 6) is -0.0308. The number of phenols is 1. The van der Waals surface area contributed by atoms with Crippen molar-refractivity contribution in [2.45, 2.75) is 6.04 Å².